The van der Waals surface area contributed by atoms with Crippen LogP contribution in [0.15, 0.2) is 0 Å². The SMILES string of the molecule is CCCCC[C@@H](O)[C@@H](O)CO. The van der Waals surface area contributed by atoms with Gasteiger partial charge in [0, 0.05) is 0 Å². The van der Waals surface area contributed by atoms with Crippen LogP contribution in [0.25, 0.3) is 0 Å². The van der Waals surface area contributed by atoms with E-state index in [1.165, 1.54) is 0 Å². The fraction of sp³-hybridized carbons (Fsp3) is 1.00. The van der Waals surface area contributed by atoms with Crippen molar-refractivity contribution in [2.45, 2.75) is 44.8 Å². The van der Waals surface area contributed by atoms with E-state index in [2.05, 4.69) is 6.92 Å². The summed E-state index contributed by atoms with van der Waals surface area (Å²) in [5.74, 6) is 0. The van der Waals surface area contributed by atoms with Crippen molar-refractivity contribution in [3.8, 4) is 0 Å². The van der Waals surface area contributed by atoms with Gasteiger partial charge >= 0.3 is 0 Å². The number of hydrogen-bond acceptors (Lipinski definition) is 3. The summed E-state index contributed by atoms with van der Waals surface area (Å²) in [4.78, 5) is 0. The van der Waals surface area contributed by atoms with Gasteiger partial charge in [-0.15, -0.1) is 0 Å². The molecule has 0 saturated carbocycles. The number of hydrogen-bond donors (Lipinski definition) is 3. The van der Waals surface area contributed by atoms with Gasteiger partial charge in [-0.1, -0.05) is 26.2 Å². The molecule has 0 saturated heterocycles. The maximum Gasteiger partial charge on any atom is 0.103 e. The summed E-state index contributed by atoms with van der Waals surface area (Å²) in [6.07, 6.45) is 1.93. The van der Waals surface area contributed by atoms with E-state index in [-0.39, 0.29) is 6.61 Å². The zero-order chi connectivity index (χ0) is 8.69. The van der Waals surface area contributed by atoms with Crippen LogP contribution in [0.2, 0.25) is 0 Å². The molecule has 0 aliphatic rings. The molecule has 2 atom stereocenters. The first kappa shape index (κ1) is 10.9. The summed E-state index contributed by atoms with van der Waals surface area (Å²) in [5, 5.41) is 26.5. The van der Waals surface area contributed by atoms with E-state index < -0.39 is 12.2 Å². The van der Waals surface area contributed by atoms with Gasteiger partial charge in [0.2, 0.25) is 0 Å². The van der Waals surface area contributed by atoms with Gasteiger partial charge in [0.25, 0.3) is 0 Å². The lowest BCUT2D eigenvalue weighted by molar-refractivity contribution is -0.0185. The van der Waals surface area contributed by atoms with Crippen LogP contribution in [0.5, 0.6) is 0 Å². The molecule has 0 spiro atoms. The summed E-state index contributed by atoms with van der Waals surface area (Å²) in [6.45, 7) is 1.72. The van der Waals surface area contributed by atoms with Gasteiger partial charge in [-0.2, -0.15) is 0 Å². The highest BCUT2D eigenvalue weighted by Crippen LogP contribution is 2.05. The fourth-order valence-electron chi connectivity index (χ4n) is 0.918. The Morgan fingerprint density at radius 3 is 2.18 bits per heavy atom. The minimum atomic E-state index is -0.966. The van der Waals surface area contributed by atoms with E-state index in [1.54, 1.807) is 0 Å². The molecule has 3 N–H and O–H groups in total. The first-order valence-electron chi connectivity index (χ1n) is 4.19. The van der Waals surface area contributed by atoms with Crippen LogP contribution in [0, 0.1) is 0 Å². The zero-order valence-corrected chi connectivity index (χ0v) is 7.03. The predicted octanol–water partition coefficient (Wildman–Crippen LogP) is 0.281. The fourth-order valence-corrected chi connectivity index (χ4v) is 0.918. The Labute approximate surface area is 67.7 Å². The molecule has 0 aliphatic carbocycles. The quantitative estimate of drug-likeness (QED) is 0.492. The Morgan fingerprint density at radius 2 is 1.73 bits per heavy atom. The van der Waals surface area contributed by atoms with Gasteiger partial charge in [0.1, 0.15) is 6.10 Å². The van der Waals surface area contributed by atoms with Gasteiger partial charge in [-0.3, -0.25) is 0 Å². The summed E-state index contributed by atoms with van der Waals surface area (Å²) >= 11 is 0. The Kier molecular flexibility index (Phi) is 6.51. The molecule has 0 aromatic heterocycles. The summed E-state index contributed by atoms with van der Waals surface area (Å²) in [6, 6.07) is 0. The van der Waals surface area contributed by atoms with Crippen molar-refractivity contribution < 1.29 is 15.3 Å². The molecule has 0 rings (SSSR count). The van der Waals surface area contributed by atoms with E-state index in [9.17, 15) is 0 Å². The van der Waals surface area contributed by atoms with E-state index in [0.29, 0.717) is 6.42 Å². The Bertz CT molecular complexity index is 85.4. The molecule has 0 amide bonds. The molecule has 11 heavy (non-hydrogen) atoms. The lowest BCUT2D eigenvalue weighted by Crippen LogP contribution is -2.28. The van der Waals surface area contributed by atoms with Crippen LogP contribution < -0.4 is 0 Å². The highest BCUT2D eigenvalue weighted by atomic mass is 16.4. The van der Waals surface area contributed by atoms with Gasteiger partial charge in [-0.05, 0) is 6.42 Å². The topological polar surface area (TPSA) is 60.7 Å². The second-order valence-corrected chi connectivity index (χ2v) is 2.81. The molecule has 0 aromatic carbocycles. The summed E-state index contributed by atoms with van der Waals surface area (Å²) in [5.41, 5.74) is 0. The Balaban J connectivity index is 3.28. The predicted molar refractivity (Wildman–Crippen MR) is 43.2 cm³/mol. The average Bonchev–Trinajstić information content (AvgIpc) is 2.03. The zero-order valence-electron chi connectivity index (χ0n) is 7.03. The minimum Gasteiger partial charge on any atom is -0.394 e. The van der Waals surface area contributed by atoms with E-state index in [0.717, 1.165) is 19.3 Å². The number of aliphatic hydroxyl groups excluding tert-OH is 3. The highest BCUT2D eigenvalue weighted by molar-refractivity contribution is 4.65. The largest absolute Gasteiger partial charge is 0.394 e. The van der Waals surface area contributed by atoms with Crippen LogP contribution in [-0.2, 0) is 0 Å². The third-order valence-corrected chi connectivity index (χ3v) is 1.73. The average molecular weight is 162 g/mol. The van der Waals surface area contributed by atoms with Crippen molar-refractivity contribution in [2.24, 2.45) is 0 Å². The third kappa shape index (κ3) is 5.18. The lowest BCUT2D eigenvalue weighted by atomic mass is 10.1. The molecular weight excluding hydrogens is 144 g/mol. The van der Waals surface area contributed by atoms with Gasteiger partial charge in [0.15, 0.2) is 0 Å². The number of rotatable bonds is 6. The minimum absolute atomic E-state index is 0.354. The smallest absolute Gasteiger partial charge is 0.103 e. The van der Waals surface area contributed by atoms with E-state index in [1.807, 2.05) is 0 Å². The van der Waals surface area contributed by atoms with Gasteiger partial charge in [0.05, 0.1) is 12.7 Å². The van der Waals surface area contributed by atoms with Crippen LogP contribution in [0.1, 0.15) is 32.6 Å². The first-order chi connectivity index (χ1) is 5.22. The van der Waals surface area contributed by atoms with E-state index >= 15 is 0 Å². The second kappa shape index (κ2) is 6.58. The molecule has 0 aromatic rings. The van der Waals surface area contributed by atoms with Crippen LogP contribution in [0.3, 0.4) is 0 Å². The molecule has 0 aliphatic heterocycles. The molecule has 0 heterocycles. The lowest BCUT2D eigenvalue weighted by Gasteiger charge is -2.14. The normalized spacial score (nSPS) is 16.4. The third-order valence-electron chi connectivity index (χ3n) is 1.73. The van der Waals surface area contributed by atoms with Crippen molar-refractivity contribution in [3.05, 3.63) is 0 Å². The highest BCUT2D eigenvalue weighted by Gasteiger charge is 2.13. The van der Waals surface area contributed by atoms with Crippen LogP contribution in [0.4, 0.5) is 0 Å². The van der Waals surface area contributed by atoms with Crippen molar-refractivity contribution in [2.75, 3.05) is 6.61 Å². The summed E-state index contributed by atoms with van der Waals surface area (Å²) in [7, 11) is 0. The Morgan fingerprint density at radius 1 is 1.09 bits per heavy atom. The molecule has 68 valence electrons. The van der Waals surface area contributed by atoms with Crippen molar-refractivity contribution in [3.63, 3.8) is 0 Å². The Hall–Kier alpha value is -0.120. The monoisotopic (exact) mass is 162 g/mol. The molecule has 3 nitrogen and oxygen atoms in total. The van der Waals surface area contributed by atoms with Crippen molar-refractivity contribution >= 4 is 0 Å². The molecular formula is C8H18O3. The number of unbranched alkanes of at least 4 members (excludes halogenated alkanes) is 2. The van der Waals surface area contributed by atoms with Crippen molar-refractivity contribution in [1.29, 1.82) is 0 Å². The number of aliphatic hydroxyl groups is 3. The summed E-state index contributed by atoms with van der Waals surface area (Å²) < 4.78 is 0. The standard InChI is InChI=1S/C8H18O3/c1-2-3-4-5-7(10)8(11)6-9/h7-11H,2-6H2,1H3/t7-,8+/m1/s1. The molecule has 0 fully saturated rings. The molecule has 0 bridgehead atoms. The van der Waals surface area contributed by atoms with Gasteiger partial charge in [-0.25, -0.2) is 0 Å². The van der Waals surface area contributed by atoms with Crippen LogP contribution in [-0.4, -0.2) is 34.1 Å². The molecule has 0 unspecified atom stereocenters. The second-order valence-electron chi connectivity index (χ2n) is 2.81. The van der Waals surface area contributed by atoms with Crippen LogP contribution >= 0.6 is 0 Å². The molecule has 0 radical (unpaired) electrons. The van der Waals surface area contributed by atoms with Crippen molar-refractivity contribution in [1.82, 2.24) is 0 Å². The van der Waals surface area contributed by atoms with E-state index in [4.69, 9.17) is 15.3 Å². The van der Waals surface area contributed by atoms with Gasteiger partial charge < -0.3 is 15.3 Å². The maximum absolute atomic E-state index is 9.13. The maximum atomic E-state index is 9.13. The first-order valence-corrected chi connectivity index (χ1v) is 4.19. The molecule has 3 heteroatoms.